The van der Waals surface area contributed by atoms with Gasteiger partial charge in [-0.25, -0.2) is 4.98 Å². The zero-order chi connectivity index (χ0) is 21.4. The second-order valence-corrected chi connectivity index (χ2v) is 8.84. The molecule has 0 radical (unpaired) electrons. The van der Waals surface area contributed by atoms with Crippen molar-refractivity contribution in [3.05, 3.63) is 46.0 Å². The zero-order valence-corrected chi connectivity index (χ0v) is 17.8. The van der Waals surface area contributed by atoms with Gasteiger partial charge in [-0.3, -0.25) is 18.8 Å². The second kappa shape index (κ2) is 8.20. The predicted octanol–water partition coefficient (Wildman–Crippen LogP) is 2.72. The molecule has 1 amide bonds. The van der Waals surface area contributed by atoms with E-state index in [1.165, 1.54) is 16.9 Å². The van der Waals surface area contributed by atoms with Crippen molar-refractivity contribution in [3.8, 4) is 0 Å². The van der Waals surface area contributed by atoms with Gasteiger partial charge in [0.2, 0.25) is 5.91 Å². The molecular weight excluding hydrogens is 382 g/mol. The summed E-state index contributed by atoms with van der Waals surface area (Å²) in [6.07, 6.45) is 3.52. The summed E-state index contributed by atoms with van der Waals surface area (Å²) in [5, 5.41) is 0. The van der Waals surface area contributed by atoms with Crippen molar-refractivity contribution < 1.29 is 14.3 Å². The summed E-state index contributed by atoms with van der Waals surface area (Å²) in [5.41, 5.74) is 1.53. The van der Waals surface area contributed by atoms with Crippen LogP contribution in [0.3, 0.4) is 0 Å². The molecule has 7 nitrogen and oxygen atoms in total. The molecule has 2 aliphatic rings. The topological polar surface area (TPSA) is 81.0 Å². The maximum Gasteiger partial charge on any atom is 0.311 e. The van der Waals surface area contributed by atoms with Crippen LogP contribution in [0.5, 0.6) is 0 Å². The number of nitrogens with zero attached hydrogens (tertiary/aromatic N) is 3. The van der Waals surface area contributed by atoms with Gasteiger partial charge >= 0.3 is 5.97 Å². The molecule has 0 N–H and O–H groups in total. The number of hydrogen-bond donors (Lipinski definition) is 0. The highest BCUT2D eigenvalue weighted by atomic mass is 16.5. The Hall–Kier alpha value is -2.70. The molecule has 30 heavy (non-hydrogen) atoms. The smallest absolute Gasteiger partial charge is 0.311 e. The van der Waals surface area contributed by atoms with E-state index in [9.17, 15) is 14.4 Å². The quantitative estimate of drug-likeness (QED) is 0.723. The van der Waals surface area contributed by atoms with Crippen molar-refractivity contribution in [3.63, 3.8) is 0 Å². The summed E-state index contributed by atoms with van der Waals surface area (Å²) < 4.78 is 6.97. The van der Waals surface area contributed by atoms with Gasteiger partial charge in [0.1, 0.15) is 12.3 Å². The molecule has 2 aromatic heterocycles. The minimum Gasteiger partial charge on any atom is -0.459 e. The molecule has 1 saturated carbocycles. The third-order valence-electron chi connectivity index (χ3n) is 6.85. The van der Waals surface area contributed by atoms with Gasteiger partial charge < -0.3 is 9.64 Å². The number of aromatic nitrogens is 2. The Morgan fingerprint density at radius 1 is 1.23 bits per heavy atom. The van der Waals surface area contributed by atoms with Crippen LogP contribution in [0.2, 0.25) is 0 Å². The van der Waals surface area contributed by atoms with Crippen LogP contribution in [0, 0.1) is 24.7 Å². The Morgan fingerprint density at radius 3 is 2.83 bits per heavy atom. The zero-order valence-electron chi connectivity index (χ0n) is 17.8. The number of carbonyl (C=O) groups excluding carboxylic acids is 2. The van der Waals surface area contributed by atoms with Crippen LogP contribution in [-0.2, 0) is 20.9 Å². The number of pyridine rings is 1. The third kappa shape index (κ3) is 3.85. The standard InChI is InChI=1S/C23H29N3O4/c1-14-6-4-8-19(16(14)3)25-12-17(10-21(25)27)23(29)30-13-18-11-22(28)26-15(2)7-5-9-20(26)24-18/h5,7,9,11,14,16-17,19H,4,6,8,10,12-13H2,1-3H3/t14-,16-,17-,19+/m0/s1. The van der Waals surface area contributed by atoms with Gasteiger partial charge in [-0.05, 0) is 37.3 Å². The summed E-state index contributed by atoms with van der Waals surface area (Å²) >= 11 is 0. The van der Waals surface area contributed by atoms with Crippen molar-refractivity contribution in [1.29, 1.82) is 0 Å². The first kappa shape index (κ1) is 20.6. The fraction of sp³-hybridized carbons (Fsp3) is 0.565. The van der Waals surface area contributed by atoms with E-state index in [-0.39, 0.29) is 30.5 Å². The van der Waals surface area contributed by atoms with Crippen LogP contribution < -0.4 is 5.56 Å². The van der Waals surface area contributed by atoms with Gasteiger partial charge in [-0.1, -0.05) is 32.8 Å². The molecule has 160 valence electrons. The van der Waals surface area contributed by atoms with Crippen LogP contribution in [-0.4, -0.2) is 38.7 Å². The summed E-state index contributed by atoms with van der Waals surface area (Å²) in [6.45, 7) is 6.64. The number of likely N-dealkylation sites (tertiary alicyclic amines) is 1. The van der Waals surface area contributed by atoms with E-state index in [4.69, 9.17) is 4.74 Å². The van der Waals surface area contributed by atoms with E-state index in [1.54, 1.807) is 6.07 Å². The molecule has 1 saturated heterocycles. The van der Waals surface area contributed by atoms with Crippen LogP contribution in [0.1, 0.15) is 50.9 Å². The number of hydrogen-bond acceptors (Lipinski definition) is 5. The molecule has 3 heterocycles. The Bertz CT molecular complexity index is 1030. The minimum atomic E-state index is -0.453. The number of carbonyl (C=O) groups is 2. The molecule has 0 aromatic carbocycles. The number of ether oxygens (including phenoxy) is 1. The van der Waals surface area contributed by atoms with Gasteiger partial charge in [0, 0.05) is 30.8 Å². The number of fused-ring (bicyclic) bond motifs is 1. The molecule has 1 aliphatic heterocycles. The first-order chi connectivity index (χ1) is 14.3. The van der Waals surface area contributed by atoms with Crippen molar-refractivity contribution in [1.82, 2.24) is 14.3 Å². The number of rotatable bonds is 4. The Labute approximate surface area is 176 Å². The number of amides is 1. The van der Waals surface area contributed by atoms with Gasteiger partial charge in [-0.2, -0.15) is 0 Å². The highest BCUT2D eigenvalue weighted by Gasteiger charge is 2.42. The number of aryl methyl sites for hydroxylation is 1. The third-order valence-corrected chi connectivity index (χ3v) is 6.85. The largest absolute Gasteiger partial charge is 0.459 e. The molecule has 0 bridgehead atoms. The Balaban J connectivity index is 1.41. The lowest BCUT2D eigenvalue weighted by Gasteiger charge is -2.39. The maximum absolute atomic E-state index is 12.6. The fourth-order valence-corrected chi connectivity index (χ4v) is 4.90. The van der Waals surface area contributed by atoms with Crippen LogP contribution in [0.15, 0.2) is 29.1 Å². The average Bonchev–Trinajstić information content (AvgIpc) is 3.09. The summed E-state index contributed by atoms with van der Waals surface area (Å²) in [4.78, 5) is 43.9. The van der Waals surface area contributed by atoms with Gasteiger partial charge in [-0.15, -0.1) is 0 Å². The lowest BCUT2D eigenvalue weighted by Crippen LogP contribution is -2.45. The summed E-state index contributed by atoms with van der Waals surface area (Å²) in [7, 11) is 0. The van der Waals surface area contributed by atoms with Crippen molar-refractivity contribution in [2.45, 2.75) is 59.1 Å². The van der Waals surface area contributed by atoms with E-state index in [0.717, 1.165) is 18.5 Å². The monoisotopic (exact) mass is 411 g/mol. The van der Waals surface area contributed by atoms with E-state index in [1.807, 2.05) is 24.0 Å². The van der Waals surface area contributed by atoms with Gasteiger partial charge in [0.25, 0.3) is 5.56 Å². The minimum absolute atomic E-state index is 0.0421. The van der Waals surface area contributed by atoms with E-state index >= 15 is 0 Å². The molecule has 0 spiro atoms. The SMILES string of the molecule is Cc1cccc2nc(COC(=O)[C@H]3CC(=O)N([C@@H]4CCC[C@H](C)[C@@H]4C)C3)cc(=O)n12. The molecule has 2 aromatic rings. The van der Waals surface area contributed by atoms with E-state index < -0.39 is 11.9 Å². The molecule has 4 atom stereocenters. The average molecular weight is 412 g/mol. The van der Waals surface area contributed by atoms with E-state index in [2.05, 4.69) is 18.8 Å². The molecule has 2 fully saturated rings. The lowest BCUT2D eigenvalue weighted by molar-refractivity contribution is -0.149. The fourth-order valence-electron chi connectivity index (χ4n) is 4.90. The first-order valence-corrected chi connectivity index (χ1v) is 10.8. The van der Waals surface area contributed by atoms with Crippen LogP contribution in [0.4, 0.5) is 0 Å². The van der Waals surface area contributed by atoms with Gasteiger partial charge in [0.05, 0.1) is 11.6 Å². The summed E-state index contributed by atoms with van der Waals surface area (Å²) in [5.74, 6) is 0.222. The van der Waals surface area contributed by atoms with Crippen molar-refractivity contribution in [2.24, 2.45) is 17.8 Å². The highest BCUT2D eigenvalue weighted by molar-refractivity contribution is 5.87. The first-order valence-electron chi connectivity index (χ1n) is 10.8. The molecule has 0 unspecified atom stereocenters. The number of esters is 1. The lowest BCUT2D eigenvalue weighted by atomic mass is 9.77. The van der Waals surface area contributed by atoms with E-state index in [0.29, 0.717) is 29.7 Å². The molecule has 1 aliphatic carbocycles. The van der Waals surface area contributed by atoms with Crippen molar-refractivity contribution >= 4 is 17.5 Å². The molecule has 4 rings (SSSR count). The summed E-state index contributed by atoms with van der Waals surface area (Å²) in [6, 6.07) is 7.03. The molecule has 7 heteroatoms. The predicted molar refractivity (Wildman–Crippen MR) is 112 cm³/mol. The van der Waals surface area contributed by atoms with Crippen LogP contribution >= 0.6 is 0 Å². The normalized spacial score (nSPS) is 26.9. The molecular formula is C23H29N3O4. The van der Waals surface area contributed by atoms with Crippen LogP contribution in [0.25, 0.3) is 5.65 Å². The van der Waals surface area contributed by atoms with Crippen molar-refractivity contribution in [2.75, 3.05) is 6.54 Å². The van der Waals surface area contributed by atoms with Gasteiger partial charge in [0.15, 0.2) is 0 Å². The second-order valence-electron chi connectivity index (χ2n) is 8.84. The Kier molecular flexibility index (Phi) is 5.62. The Morgan fingerprint density at radius 2 is 2.03 bits per heavy atom. The maximum atomic E-state index is 12.6. The highest BCUT2D eigenvalue weighted by Crippen LogP contribution is 2.35.